The van der Waals surface area contributed by atoms with Crippen molar-refractivity contribution in [3.63, 3.8) is 0 Å². The summed E-state index contributed by atoms with van der Waals surface area (Å²) < 4.78 is 5.95. The lowest BCUT2D eigenvalue weighted by atomic mass is 9.85. The molecule has 2 unspecified atom stereocenters. The summed E-state index contributed by atoms with van der Waals surface area (Å²) in [6, 6.07) is 3.56. The van der Waals surface area contributed by atoms with Crippen molar-refractivity contribution in [2.45, 2.75) is 45.1 Å². The number of rotatable bonds is 4. The van der Waals surface area contributed by atoms with Gasteiger partial charge in [-0.25, -0.2) is 4.98 Å². The molecule has 4 nitrogen and oxygen atoms in total. The van der Waals surface area contributed by atoms with Crippen molar-refractivity contribution in [1.82, 2.24) is 4.98 Å². The monoisotopic (exact) mass is 247 g/mol. The van der Waals surface area contributed by atoms with Crippen molar-refractivity contribution >= 4 is 5.84 Å². The third-order valence-electron chi connectivity index (χ3n) is 3.65. The molecule has 1 aliphatic rings. The first kappa shape index (κ1) is 12.9. The van der Waals surface area contributed by atoms with Gasteiger partial charge in [0.25, 0.3) is 0 Å². The molecule has 0 aromatic carbocycles. The highest BCUT2D eigenvalue weighted by atomic mass is 16.5. The molecular formula is C14H21N3O. The van der Waals surface area contributed by atoms with Gasteiger partial charge in [0.15, 0.2) is 0 Å². The first-order chi connectivity index (χ1) is 8.70. The third kappa shape index (κ3) is 3.00. The van der Waals surface area contributed by atoms with E-state index in [1.165, 1.54) is 19.3 Å². The first-order valence-electron chi connectivity index (χ1n) is 6.66. The fourth-order valence-electron chi connectivity index (χ4n) is 2.57. The normalized spacial score (nSPS) is 23.6. The quantitative estimate of drug-likeness (QED) is 0.634. The molecule has 3 N–H and O–H groups in total. The summed E-state index contributed by atoms with van der Waals surface area (Å²) in [4.78, 5) is 4.20. The largest absolute Gasteiger partial charge is 0.474 e. The molecule has 0 radical (unpaired) electrons. The van der Waals surface area contributed by atoms with E-state index in [4.69, 9.17) is 15.9 Å². The number of hydrogen-bond acceptors (Lipinski definition) is 3. The highest BCUT2D eigenvalue weighted by Crippen LogP contribution is 2.29. The van der Waals surface area contributed by atoms with E-state index in [2.05, 4.69) is 11.9 Å². The van der Waals surface area contributed by atoms with Crippen molar-refractivity contribution < 1.29 is 4.74 Å². The smallest absolute Gasteiger partial charge is 0.224 e. The third-order valence-corrected chi connectivity index (χ3v) is 3.65. The maximum Gasteiger partial charge on any atom is 0.224 e. The Labute approximate surface area is 108 Å². The molecule has 2 atom stereocenters. The van der Waals surface area contributed by atoms with E-state index in [-0.39, 0.29) is 11.9 Å². The van der Waals surface area contributed by atoms with Gasteiger partial charge in [-0.3, -0.25) is 5.41 Å². The maximum absolute atomic E-state index is 7.53. The van der Waals surface area contributed by atoms with Crippen molar-refractivity contribution in [3.8, 4) is 5.88 Å². The predicted molar refractivity (Wildman–Crippen MR) is 71.9 cm³/mol. The van der Waals surface area contributed by atoms with Gasteiger partial charge >= 0.3 is 0 Å². The van der Waals surface area contributed by atoms with E-state index < -0.39 is 0 Å². The summed E-state index contributed by atoms with van der Waals surface area (Å²) in [5.74, 6) is 1.28. The molecule has 0 amide bonds. The fraction of sp³-hybridized carbons (Fsp3) is 0.571. The Morgan fingerprint density at radius 2 is 2.39 bits per heavy atom. The molecule has 1 fully saturated rings. The van der Waals surface area contributed by atoms with Crippen LogP contribution >= 0.6 is 0 Å². The fourth-order valence-corrected chi connectivity index (χ4v) is 2.57. The lowest BCUT2D eigenvalue weighted by Gasteiger charge is -2.28. The maximum atomic E-state index is 7.53. The Balaban J connectivity index is 2.07. The molecule has 18 heavy (non-hydrogen) atoms. The Kier molecular flexibility index (Phi) is 4.18. The minimum Gasteiger partial charge on any atom is -0.474 e. The zero-order chi connectivity index (χ0) is 13.0. The highest BCUT2D eigenvalue weighted by molar-refractivity contribution is 5.96. The SMILES string of the molecule is CCC1CCCC(Oc2ncccc2C(=N)N)C1. The van der Waals surface area contributed by atoms with Gasteiger partial charge in [0, 0.05) is 6.20 Å². The number of nitrogen functional groups attached to an aromatic ring is 1. The summed E-state index contributed by atoms with van der Waals surface area (Å²) in [6.45, 7) is 2.23. The van der Waals surface area contributed by atoms with Crippen LogP contribution < -0.4 is 10.5 Å². The molecule has 1 aromatic heterocycles. The second-order valence-corrected chi connectivity index (χ2v) is 4.95. The second-order valence-electron chi connectivity index (χ2n) is 4.95. The van der Waals surface area contributed by atoms with Gasteiger partial charge in [0.05, 0.1) is 5.56 Å². The van der Waals surface area contributed by atoms with E-state index >= 15 is 0 Å². The predicted octanol–water partition coefficient (Wildman–Crippen LogP) is 2.71. The minimum atomic E-state index is 0.0148. The van der Waals surface area contributed by atoms with Crippen LogP contribution in [0.3, 0.4) is 0 Å². The average Bonchev–Trinajstić information content (AvgIpc) is 2.39. The number of nitrogens with two attached hydrogens (primary N) is 1. The van der Waals surface area contributed by atoms with Gasteiger partial charge in [-0.1, -0.05) is 19.8 Å². The van der Waals surface area contributed by atoms with E-state index in [9.17, 15) is 0 Å². The van der Waals surface area contributed by atoms with Gasteiger partial charge in [-0.2, -0.15) is 0 Å². The molecular weight excluding hydrogens is 226 g/mol. The number of ether oxygens (including phenoxy) is 1. The molecule has 0 aliphatic heterocycles. The van der Waals surface area contributed by atoms with Crippen molar-refractivity contribution in [2.75, 3.05) is 0 Å². The van der Waals surface area contributed by atoms with Crippen LogP contribution in [-0.2, 0) is 0 Å². The van der Waals surface area contributed by atoms with Gasteiger partial charge in [-0.15, -0.1) is 0 Å². The molecule has 0 bridgehead atoms. The summed E-state index contributed by atoms with van der Waals surface area (Å²) in [6.07, 6.45) is 7.79. The van der Waals surface area contributed by atoms with E-state index in [1.807, 2.05) is 0 Å². The van der Waals surface area contributed by atoms with Crippen molar-refractivity contribution in [2.24, 2.45) is 11.7 Å². The Morgan fingerprint density at radius 3 is 3.11 bits per heavy atom. The molecule has 4 heteroatoms. The van der Waals surface area contributed by atoms with Gasteiger partial charge in [0.2, 0.25) is 5.88 Å². The molecule has 1 heterocycles. The Hall–Kier alpha value is -1.58. The molecule has 1 aliphatic carbocycles. The van der Waals surface area contributed by atoms with E-state index in [0.717, 1.165) is 18.8 Å². The molecule has 1 aromatic rings. The van der Waals surface area contributed by atoms with Crippen LogP contribution in [0.2, 0.25) is 0 Å². The lowest BCUT2D eigenvalue weighted by molar-refractivity contribution is 0.117. The van der Waals surface area contributed by atoms with Crippen molar-refractivity contribution in [1.29, 1.82) is 5.41 Å². The minimum absolute atomic E-state index is 0.0148. The van der Waals surface area contributed by atoms with Crippen LogP contribution in [0.4, 0.5) is 0 Å². The first-order valence-corrected chi connectivity index (χ1v) is 6.66. The molecule has 98 valence electrons. The topological polar surface area (TPSA) is 72.0 Å². The molecule has 1 saturated carbocycles. The Bertz CT molecular complexity index is 419. The van der Waals surface area contributed by atoms with E-state index in [1.54, 1.807) is 18.3 Å². The van der Waals surface area contributed by atoms with E-state index in [0.29, 0.717) is 11.4 Å². The number of nitrogens with one attached hydrogen (secondary N) is 1. The number of aromatic nitrogens is 1. The van der Waals surface area contributed by atoms with Gasteiger partial charge in [0.1, 0.15) is 11.9 Å². The number of hydrogen-bond donors (Lipinski definition) is 2. The highest BCUT2D eigenvalue weighted by Gasteiger charge is 2.23. The lowest BCUT2D eigenvalue weighted by Crippen LogP contribution is -2.26. The molecule has 0 saturated heterocycles. The molecule has 0 spiro atoms. The van der Waals surface area contributed by atoms with Crippen molar-refractivity contribution in [3.05, 3.63) is 23.9 Å². The molecule has 2 rings (SSSR count). The average molecular weight is 247 g/mol. The van der Waals surface area contributed by atoms with Crippen LogP contribution in [0.15, 0.2) is 18.3 Å². The number of amidine groups is 1. The van der Waals surface area contributed by atoms with Crippen LogP contribution in [0.25, 0.3) is 0 Å². The summed E-state index contributed by atoms with van der Waals surface area (Å²) >= 11 is 0. The summed E-state index contributed by atoms with van der Waals surface area (Å²) in [5, 5.41) is 7.53. The summed E-state index contributed by atoms with van der Waals surface area (Å²) in [5.41, 5.74) is 6.13. The zero-order valence-electron chi connectivity index (χ0n) is 10.9. The summed E-state index contributed by atoms with van der Waals surface area (Å²) in [7, 11) is 0. The number of nitrogens with zero attached hydrogens (tertiary/aromatic N) is 1. The van der Waals surface area contributed by atoms with Crippen LogP contribution in [-0.4, -0.2) is 16.9 Å². The van der Waals surface area contributed by atoms with Crippen LogP contribution in [0.1, 0.15) is 44.6 Å². The second kappa shape index (κ2) is 5.85. The zero-order valence-corrected chi connectivity index (χ0v) is 10.9. The van der Waals surface area contributed by atoms with Gasteiger partial charge < -0.3 is 10.5 Å². The van der Waals surface area contributed by atoms with Crippen LogP contribution in [0, 0.1) is 11.3 Å². The number of pyridine rings is 1. The van der Waals surface area contributed by atoms with Crippen LogP contribution in [0.5, 0.6) is 5.88 Å². The standard InChI is InChI=1S/C14H21N3O/c1-2-10-5-3-6-11(9-10)18-14-12(13(15)16)7-4-8-17-14/h4,7-8,10-11H,2-3,5-6,9H2,1H3,(H3,15,16). The Morgan fingerprint density at radius 1 is 1.56 bits per heavy atom. The van der Waals surface area contributed by atoms with Gasteiger partial charge in [-0.05, 0) is 37.3 Å².